The van der Waals surface area contributed by atoms with Gasteiger partial charge in [-0.3, -0.25) is 4.79 Å². The molecule has 1 aromatic carbocycles. The first-order valence-corrected chi connectivity index (χ1v) is 9.10. The molecule has 0 heterocycles. The Morgan fingerprint density at radius 3 is 2.52 bits per heavy atom. The highest BCUT2D eigenvalue weighted by Gasteiger charge is 2.34. The fraction of sp³-hybridized carbons (Fsp3) is 0.632. The highest BCUT2D eigenvalue weighted by molar-refractivity contribution is 6.31. The molecule has 1 atom stereocenters. The molecule has 1 saturated carbocycles. The van der Waals surface area contributed by atoms with Gasteiger partial charge in [0.15, 0.2) is 6.10 Å². The summed E-state index contributed by atoms with van der Waals surface area (Å²) in [7, 11) is 4.21. The van der Waals surface area contributed by atoms with Gasteiger partial charge in [-0.15, -0.1) is 12.4 Å². The molecule has 1 fully saturated rings. The Hall–Kier alpha value is -0.970. The minimum Gasteiger partial charge on any atom is -0.481 e. The van der Waals surface area contributed by atoms with Gasteiger partial charge in [-0.05, 0) is 64.5 Å². The fourth-order valence-corrected chi connectivity index (χ4v) is 3.45. The fourth-order valence-electron chi connectivity index (χ4n) is 3.34. The predicted octanol–water partition coefficient (Wildman–Crippen LogP) is 4.22. The second kappa shape index (κ2) is 9.65. The molecule has 0 bridgehead atoms. The van der Waals surface area contributed by atoms with Crippen molar-refractivity contribution in [3.8, 4) is 5.75 Å². The van der Waals surface area contributed by atoms with Gasteiger partial charge >= 0.3 is 0 Å². The van der Waals surface area contributed by atoms with Crippen LogP contribution in [0.4, 0.5) is 0 Å². The van der Waals surface area contributed by atoms with Crippen LogP contribution in [-0.2, 0) is 4.79 Å². The van der Waals surface area contributed by atoms with Crippen LogP contribution in [0.2, 0.25) is 5.02 Å². The summed E-state index contributed by atoms with van der Waals surface area (Å²) >= 11 is 6.02. The third-order valence-electron chi connectivity index (χ3n) is 5.14. The van der Waals surface area contributed by atoms with E-state index in [4.69, 9.17) is 16.3 Å². The number of halogens is 2. The van der Waals surface area contributed by atoms with Crippen LogP contribution in [0.25, 0.3) is 0 Å². The van der Waals surface area contributed by atoms with Gasteiger partial charge in [-0.1, -0.05) is 30.9 Å². The number of rotatable bonds is 6. The van der Waals surface area contributed by atoms with Gasteiger partial charge in [0.25, 0.3) is 5.91 Å². The molecule has 0 radical (unpaired) electrons. The number of amides is 1. The molecule has 0 aliphatic heterocycles. The average molecular weight is 389 g/mol. The van der Waals surface area contributed by atoms with Crippen LogP contribution in [0, 0.1) is 6.92 Å². The van der Waals surface area contributed by atoms with Crippen molar-refractivity contribution < 1.29 is 9.53 Å². The van der Waals surface area contributed by atoms with E-state index in [1.165, 1.54) is 19.3 Å². The standard InChI is InChI=1S/C19H29ClN2O2.ClH/c1-14-12-16(8-9-17(14)20)24-15(2)18(23)21-13-19(22(3)4)10-6-5-7-11-19;/h8-9,12,15H,5-7,10-11,13H2,1-4H3,(H,21,23);1H. The Morgan fingerprint density at radius 2 is 1.96 bits per heavy atom. The maximum atomic E-state index is 12.4. The molecule has 1 aromatic rings. The first kappa shape index (κ1) is 22.1. The van der Waals surface area contributed by atoms with Gasteiger partial charge in [0, 0.05) is 17.1 Å². The van der Waals surface area contributed by atoms with Crippen molar-refractivity contribution in [2.24, 2.45) is 0 Å². The van der Waals surface area contributed by atoms with Gasteiger partial charge in [0.1, 0.15) is 5.75 Å². The quantitative estimate of drug-likeness (QED) is 0.792. The molecule has 0 aromatic heterocycles. The molecule has 1 aliphatic rings. The Balaban J connectivity index is 0.00000312. The zero-order chi connectivity index (χ0) is 17.7. The Morgan fingerprint density at radius 1 is 1.32 bits per heavy atom. The van der Waals surface area contributed by atoms with Gasteiger partial charge in [-0.2, -0.15) is 0 Å². The third-order valence-corrected chi connectivity index (χ3v) is 5.56. The molecule has 2 rings (SSSR count). The number of hydrogen-bond acceptors (Lipinski definition) is 3. The number of ether oxygens (including phenoxy) is 1. The number of nitrogens with one attached hydrogen (secondary N) is 1. The Labute approximate surface area is 162 Å². The number of nitrogens with zero attached hydrogens (tertiary/aromatic N) is 1. The summed E-state index contributed by atoms with van der Waals surface area (Å²) < 4.78 is 5.76. The molecule has 142 valence electrons. The Kier molecular flexibility index (Phi) is 8.52. The van der Waals surface area contributed by atoms with E-state index < -0.39 is 6.10 Å². The summed E-state index contributed by atoms with van der Waals surface area (Å²) in [5, 5.41) is 3.79. The predicted molar refractivity (Wildman–Crippen MR) is 106 cm³/mol. The van der Waals surface area contributed by atoms with E-state index in [-0.39, 0.29) is 23.9 Å². The van der Waals surface area contributed by atoms with Gasteiger partial charge < -0.3 is 15.0 Å². The lowest BCUT2D eigenvalue weighted by atomic mass is 9.80. The van der Waals surface area contributed by atoms with Crippen LogP contribution < -0.4 is 10.1 Å². The molecule has 4 nitrogen and oxygen atoms in total. The van der Waals surface area contributed by atoms with Gasteiger partial charge in [0.2, 0.25) is 0 Å². The maximum Gasteiger partial charge on any atom is 0.260 e. The smallest absolute Gasteiger partial charge is 0.260 e. The summed E-state index contributed by atoms with van der Waals surface area (Å²) in [5.74, 6) is 0.592. The van der Waals surface area contributed by atoms with Crippen LogP contribution in [-0.4, -0.2) is 43.1 Å². The number of aryl methyl sites for hydroxylation is 1. The van der Waals surface area contributed by atoms with Gasteiger partial charge in [0.05, 0.1) is 0 Å². The summed E-state index contributed by atoms with van der Waals surface area (Å²) in [6, 6.07) is 5.44. The second-order valence-electron chi connectivity index (χ2n) is 7.07. The molecule has 1 aliphatic carbocycles. The van der Waals surface area contributed by atoms with Crippen molar-refractivity contribution in [1.29, 1.82) is 0 Å². The summed E-state index contributed by atoms with van der Waals surface area (Å²) in [6.07, 6.45) is 5.47. The molecule has 1 unspecified atom stereocenters. The topological polar surface area (TPSA) is 41.6 Å². The monoisotopic (exact) mass is 388 g/mol. The minimum absolute atomic E-state index is 0. The SMILES string of the molecule is Cc1cc(OC(C)C(=O)NCC2(N(C)C)CCCCC2)ccc1Cl.Cl. The zero-order valence-corrected chi connectivity index (χ0v) is 17.2. The largest absolute Gasteiger partial charge is 0.481 e. The summed E-state index contributed by atoms with van der Waals surface area (Å²) in [5.41, 5.74) is 1.01. The summed E-state index contributed by atoms with van der Waals surface area (Å²) in [6.45, 7) is 4.37. The lowest BCUT2D eigenvalue weighted by Gasteiger charge is -2.43. The minimum atomic E-state index is -0.534. The molecular formula is C19H30Cl2N2O2. The number of carbonyl (C=O) groups excluding carboxylic acids is 1. The van der Waals surface area contributed by atoms with Crippen LogP contribution >= 0.6 is 24.0 Å². The normalized spacial score (nSPS) is 17.5. The first-order valence-electron chi connectivity index (χ1n) is 8.72. The zero-order valence-electron chi connectivity index (χ0n) is 15.6. The van der Waals surface area contributed by atoms with Gasteiger partial charge in [-0.25, -0.2) is 0 Å². The van der Waals surface area contributed by atoms with Crippen molar-refractivity contribution in [3.05, 3.63) is 28.8 Å². The van der Waals surface area contributed by atoms with Crippen molar-refractivity contribution in [3.63, 3.8) is 0 Å². The van der Waals surface area contributed by atoms with Crippen LogP contribution in [0.5, 0.6) is 5.75 Å². The van der Waals surface area contributed by atoms with E-state index in [1.807, 2.05) is 13.0 Å². The van der Waals surface area contributed by atoms with E-state index in [1.54, 1.807) is 19.1 Å². The van der Waals surface area contributed by atoms with E-state index in [2.05, 4.69) is 24.3 Å². The summed E-state index contributed by atoms with van der Waals surface area (Å²) in [4.78, 5) is 14.7. The highest BCUT2D eigenvalue weighted by atomic mass is 35.5. The molecule has 6 heteroatoms. The molecule has 1 amide bonds. The average Bonchev–Trinajstić information content (AvgIpc) is 2.56. The number of carbonyl (C=O) groups is 1. The first-order chi connectivity index (χ1) is 11.3. The lowest BCUT2D eigenvalue weighted by Crippen LogP contribution is -2.55. The van der Waals surface area contributed by atoms with E-state index in [0.717, 1.165) is 18.4 Å². The van der Waals surface area contributed by atoms with Crippen molar-refractivity contribution in [1.82, 2.24) is 10.2 Å². The van der Waals surface area contributed by atoms with Crippen LogP contribution in [0.3, 0.4) is 0 Å². The molecular weight excluding hydrogens is 359 g/mol. The number of likely N-dealkylation sites (N-methyl/N-ethyl adjacent to an activating group) is 1. The van der Waals surface area contributed by atoms with E-state index in [9.17, 15) is 4.79 Å². The Bertz CT molecular complexity index is 573. The third kappa shape index (κ3) is 5.77. The van der Waals surface area contributed by atoms with Crippen molar-refractivity contribution in [2.75, 3.05) is 20.6 Å². The maximum absolute atomic E-state index is 12.4. The van der Waals surface area contributed by atoms with Crippen LogP contribution in [0.15, 0.2) is 18.2 Å². The lowest BCUT2D eigenvalue weighted by molar-refractivity contribution is -0.128. The number of hydrogen-bond donors (Lipinski definition) is 1. The van der Waals surface area contributed by atoms with E-state index >= 15 is 0 Å². The van der Waals surface area contributed by atoms with Crippen LogP contribution in [0.1, 0.15) is 44.6 Å². The van der Waals surface area contributed by atoms with Crippen molar-refractivity contribution >= 4 is 29.9 Å². The molecule has 1 N–H and O–H groups in total. The van der Waals surface area contributed by atoms with E-state index in [0.29, 0.717) is 17.3 Å². The van der Waals surface area contributed by atoms with Crippen molar-refractivity contribution in [2.45, 2.75) is 57.6 Å². The number of benzene rings is 1. The second-order valence-corrected chi connectivity index (χ2v) is 7.48. The molecule has 25 heavy (non-hydrogen) atoms. The molecule has 0 spiro atoms. The highest BCUT2D eigenvalue weighted by Crippen LogP contribution is 2.31. The molecule has 0 saturated heterocycles.